The van der Waals surface area contributed by atoms with Gasteiger partial charge >= 0.3 is 6.61 Å². The molecule has 9 heteroatoms. The molecule has 2 aromatic carbocycles. The topological polar surface area (TPSA) is 73.9 Å². The number of ether oxygens (including phenoxy) is 3. The molecule has 160 valence electrons. The van der Waals surface area contributed by atoms with Gasteiger partial charge in [-0.25, -0.2) is 13.1 Å². The van der Waals surface area contributed by atoms with Crippen molar-refractivity contribution >= 4 is 10.0 Å². The summed E-state index contributed by atoms with van der Waals surface area (Å²) in [6, 6.07) is 9.17. The maximum absolute atomic E-state index is 12.5. The average molecular weight is 429 g/mol. The number of benzene rings is 2. The van der Waals surface area contributed by atoms with E-state index in [0.29, 0.717) is 17.7 Å². The lowest BCUT2D eigenvalue weighted by atomic mass is 10.1. The molecule has 2 rings (SSSR count). The molecule has 0 heterocycles. The van der Waals surface area contributed by atoms with Crippen molar-refractivity contribution in [3.63, 3.8) is 0 Å². The molecule has 29 heavy (non-hydrogen) atoms. The summed E-state index contributed by atoms with van der Waals surface area (Å²) < 4.78 is 67.4. The van der Waals surface area contributed by atoms with Crippen LogP contribution >= 0.6 is 0 Å². The summed E-state index contributed by atoms with van der Waals surface area (Å²) in [5.41, 5.74) is 1.43. The molecule has 2 aromatic rings. The molecule has 0 atom stereocenters. The number of aryl methyl sites for hydroxylation is 1. The number of hydrogen-bond donors (Lipinski definition) is 1. The summed E-state index contributed by atoms with van der Waals surface area (Å²) in [5, 5.41) is 0. The van der Waals surface area contributed by atoms with Crippen LogP contribution in [-0.4, -0.2) is 34.8 Å². The standard InChI is InChI=1S/C20H25F2NO5S/c1-13(2)27-17-8-6-16(11-14(17)3)29(24,25)23-10-9-15-5-7-18(28-20(21)22)19(12-15)26-4/h5-8,11-13,20,23H,9-10H2,1-4H3. The second-order valence-electron chi connectivity index (χ2n) is 6.61. The molecule has 0 radical (unpaired) electrons. The van der Waals surface area contributed by atoms with E-state index in [0.717, 1.165) is 5.56 Å². The minimum Gasteiger partial charge on any atom is -0.493 e. The van der Waals surface area contributed by atoms with Crippen LogP contribution in [0.15, 0.2) is 41.3 Å². The largest absolute Gasteiger partial charge is 0.493 e. The lowest BCUT2D eigenvalue weighted by Crippen LogP contribution is -2.26. The summed E-state index contributed by atoms with van der Waals surface area (Å²) in [7, 11) is -2.36. The lowest BCUT2D eigenvalue weighted by molar-refractivity contribution is -0.0512. The van der Waals surface area contributed by atoms with Crippen molar-refractivity contribution < 1.29 is 31.4 Å². The van der Waals surface area contributed by atoms with E-state index in [1.807, 2.05) is 13.8 Å². The van der Waals surface area contributed by atoms with Crippen LogP contribution in [0.3, 0.4) is 0 Å². The summed E-state index contributed by atoms with van der Waals surface area (Å²) in [6.07, 6.45) is 0.335. The van der Waals surface area contributed by atoms with Gasteiger partial charge in [0.1, 0.15) is 5.75 Å². The fourth-order valence-corrected chi connectivity index (χ4v) is 3.77. The van der Waals surface area contributed by atoms with Crippen LogP contribution in [0.2, 0.25) is 0 Å². The normalized spacial score (nSPS) is 11.7. The number of alkyl halides is 2. The number of methoxy groups -OCH3 is 1. The molecular weight excluding hydrogens is 404 g/mol. The second kappa shape index (κ2) is 9.89. The van der Waals surface area contributed by atoms with Crippen molar-refractivity contribution in [2.24, 2.45) is 0 Å². The molecule has 0 aliphatic carbocycles. The first kappa shape index (κ1) is 22.9. The molecular formula is C20H25F2NO5S. The Balaban J connectivity index is 2.03. The summed E-state index contributed by atoms with van der Waals surface area (Å²) in [6.45, 7) is 2.75. The van der Waals surface area contributed by atoms with Crippen molar-refractivity contribution in [3.05, 3.63) is 47.5 Å². The van der Waals surface area contributed by atoms with Gasteiger partial charge in [-0.3, -0.25) is 0 Å². The van der Waals surface area contributed by atoms with E-state index >= 15 is 0 Å². The molecule has 0 amide bonds. The quantitative estimate of drug-likeness (QED) is 0.620. The van der Waals surface area contributed by atoms with Crippen LogP contribution in [0.25, 0.3) is 0 Å². The SMILES string of the molecule is COc1cc(CCNS(=O)(=O)c2ccc(OC(C)C)c(C)c2)ccc1OC(F)F. The Kier molecular flexibility index (Phi) is 7.80. The third kappa shape index (κ3) is 6.57. The predicted molar refractivity (Wildman–Crippen MR) is 105 cm³/mol. The first-order chi connectivity index (χ1) is 13.6. The number of nitrogens with one attached hydrogen (secondary N) is 1. The zero-order valence-electron chi connectivity index (χ0n) is 16.7. The number of halogens is 2. The van der Waals surface area contributed by atoms with Crippen LogP contribution in [-0.2, 0) is 16.4 Å². The molecule has 0 saturated carbocycles. The zero-order valence-corrected chi connectivity index (χ0v) is 17.6. The molecule has 0 aliphatic rings. The van der Waals surface area contributed by atoms with Crippen LogP contribution in [0.5, 0.6) is 17.2 Å². The van der Waals surface area contributed by atoms with Crippen molar-refractivity contribution in [1.29, 1.82) is 0 Å². The Labute approximate surface area is 169 Å². The van der Waals surface area contributed by atoms with Crippen molar-refractivity contribution in [2.45, 2.75) is 44.8 Å². The molecule has 6 nitrogen and oxygen atoms in total. The van der Waals surface area contributed by atoms with Crippen LogP contribution < -0.4 is 18.9 Å². The minimum absolute atomic E-state index is 0.0104. The van der Waals surface area contributed by atoms with E-state index < -0.39 is 16.6 Å². The number of sulfonamides is 1. The Bertz CT molecular complexity index is 932. The van der Waals surface area contributed by atoms with Gasteiger partial charge in [-0.2, -0.15) is 8.78 Å². The third-order valence-electron chi connectivity index (χ3n) is 3.97. The van der Waals surface area contributed by atoms with Gasteiger partial charge in [-0.05, 0) is 68.7 Å². The number of hydrogen-bond acceptors (Lipinski definition) is 5. The summed E-state index contributed by atoms with van der Waals surface area (Å²) in [5.74, 6) is 0.713. The maximum atomic E-state index is 12.5. The van der Waals surface area contributed by atoms with Gasteiger partial charge < -0.3 is 14.2 Å². The van der Waals surface area contributed by atoms with Crippen molar-refractivity contribution in [1.82, 2.24) is 4.72 Å². The molecule has 0 spiro atoms. The van der Waals surface area contributed by atoms with Gasteiger partial charge in [0.05, 0.1) is 18.1 Å². The molecule has 0 aliphatic heterocycles. The van der Waals surface area contributed by atoms with Gasteiger partial charge in [0.25, 0.3) is 0 Å². The van der Waals surface area contributed by atoms with E-state index in [9.17, 15) is 17.2 Å². The lowest BCUT2D eigenvalue weighted by Gasteiger charge is -2.14. The Morgan fingerprint density at radius 1 is 1.00 bits per heavy atom. The van der Waals surface area contributed by atoms with Crippen LogP contribution in [0.4, 0.5) is 8.78 Å². The Morgan fingerprint density at radius 2 is 1.69 bits per heavy atom. The Morgan fingerprint density at radius 3 is 2.28 bits per heavy atom. The van der Waals surface area contributed by atoms with Gasteiger partial charge in [-0.1, -0.05) is 6.07 Å². The third-order valence-corrected chi connectivity index (χ3v) is 5.43. The first-order valence-corrected chi connectivity index (χ1v) is 10.5. The van der Waals surface area contributed by atoms with Crippen molar-refractivity contribution in [2.75, 3.05) is 13.7 Å². The average Bonchev–Trinajstić information content (AvgIpc) is 2.63. The van der Waals surface area contributed by atoms with Crippen LogP contribution in [0.1, 0.15) is 25.0 Å². The van der Waals surface area contributed by atoms with E-state index in [-0.39, 0.29) is 29.0 Å². The van der Waals surface area contributed by atoms with E-state index in [2.05, 4.69) is 9.46 Å². The first-order valence-electron chi connectivity index (χ1n) is 9.01. The van der Waals surface area contributed by atoms with Gasteiger partial charge in [0.15, 0.2) is 11.5 Å². The molecule has 0 bridgehead atoms. The van der Waals surface area contributed by atoms with E-state index in [1.165, 1.54) is 25.3 Å². The zero-order chi connectivity index (χ0) is 21.6. The molecule has 0 aromatic heterocycles. The molecule has 0 saturated heterocycles. The van der Waals surface area contributed by atoms with E-state index in [4.69, 9.17) is 9.47 Å². The highest BCUT2D eigenvalue weighted by Crippen LogP contribution is 2.29. The van der Waals surface area contributed by atoms with Gasteiger partial charge in [-0.15, -0.1) is 0 Å². The number of rotatable bonds is 10. The Hall–Kier alpha value is -2.39. The molecule has 1 N–H and O–H groups in total. The fraction of sp³-hybridized carbons (Fsp3) is 0.400. The van der Waals surface area contributed by atoms with Gasteiger partial charge in [0, 0.05) is 6.54 Å². The fourth-order valence-electron chi connectivity index (χ4n) is 2.65. The van der Waals surface area contributed by atoms with Crippen LogP contribution in [0, 0.1) is 6.92 Å². The highest BCUT2D eigenvalue weighted by molar-refractivity contribution is 7.89. The van der Waals surface area contributed by atoms with Gasteiger partial charge in [0.2, 0.25) is 10.0 Å². The predicted octanol–water partition coefficient (Wildman–Crippen LogP) is 3.91. The highest BCUT2D eigenvalue weighted by atomic mass is 32.2. The summed E-state index contributed by atoms with van der Waals surface area (Å²) in [4.78, 5) is 0.143. The minimum atomic E-state index is -3.70. The molecule has 0 fully saturated rings. The maximum Gasteiger partial charge on any atom is 0.387 e. The summed E-state index contributed by atoms with van der Waals surface area (Å²) >= 11 is 0. The van der Waals surface area contributed by atoms with Crippen molar-refractivity contribution in [3.8, 4) is 17.2 Å². The van der Waals surface area contributed by atoms with E-state index in [1.54, 1.807) is 25.1 Å². The highest BCUT2D eigenvalue weighted by Gasteiger charge is 2.16. The molecule has 0 unspecified atom stereocenters. The monoisotopic (exact) mass is 429 g/mol. The smallest absolute Gasteiger partial charge is 0.387 e. The second-order valence-corrected chi connectivity index (χ2v) is 8.37.